The first-order valence-electron chi connectivity index (χ1n) is 7.44. The molecule has 2 atom stereocenters. The van der Waals surface area contributed by atoms with E-state index in [0.29, 0.717) is 6.04 Å². The Balaban J connectivity index is 1.55. The Hall–Kier alpha value is -1.30. The van der Waals surface area contributed by atoms with Crippen LogP contribution in [-0.2, 0) is 4.79 Å². The van der Waals surface area contributed by atoms with Crippen LogP contribution >= 0.6 is 11.6 Å². The maximum Gasteiger partial charge on any atom is 0.241 e. The molecule has 6 heteroatoms. The minimum atomic E-state index is -0.0814. The summed E-state index contributed by atoms with van der Waals surface area (Å²) in [4.78, 5) is 16.7. The van der Waals surface area contributed by atoms with E-state index in [0.717, 1.165) is 37.6 Å². The lowest BCUT2D eigenvalue weighted by Gasteiger charge is -2.37. The van der Waals surface area contributed by atoms with Crippen molar-refractivity contribution < 1.29 is 4.79 Å². The van der Waals surface area contributed by atoms with E-state index in [-0.39, 0.29) is 11.9 Å². The van der Waals surface area contributed by atoms with Crippen LogP contribution in [0.15, 0.2) is 24.3 Å². The van der Waals surface area contributed by atoms with E-state index in [4.69, 9.17) is 11.6 Å². The van der Waals surface area contributed by atoms with Crippen LogP contribution in [0.25, 0.3) is 0 Å². The van der Waals surface area contributed by atoms with Crippen LogP contribution in [0.4, 0.5) is 5.69 Å². The van der Waals surface area contributed by atoms with Gasteiger partial charge in [0, 0.05) is 42.9 Å². The van der Waals surface area contributed by atoms with Crippen molar-refractivity contribution in [2.24, 2.45) is 0 Å². The largest absolute Gasteiger partial charge is 0.368 e. The Labute approximate surface area is 130 Å². The van der Waals surface area contributed by atoms with E-state index in [1.54, 1.807) is 0 Å². The number of nitrogens with one attached hydrogen (secondary N) is 2. The fourth-order valence-corrected chi connectivity index (χ4v) is 3.06. The molecule has 0 saturated carbocycles. The van der Waals surface area contributed by atoms with Crippen molar-refractivity contribution >= 4 is 23.2 Å². The Kier molecular flexibility index (Phi) is 4.33. The highest BCUT2D eigenvalue weighted by Crippen LogP contribution is 2.20. The van der Waals surface area contributed by atoms with Crippen LogP contribution in [0.5, 0.6) is 0 Å². The summed E-state index contributed by atoms with van der Waals surface area (Å²) in [5, 5.41) is 0.751. The third-order valence-electron chi connectivity index (χ3n) is 4.17. The lowest BCUT2D eigenvalue weighted by atomic mass is 10.1. The quantitative estimate of drug-likeness (QED) is 0.863. The van der Waals surface area contributed by atoms with E-state index < -0.39 is 0 Å². The number of hydrazine groups is 1. The van der Waals surface area contributed by atoms with E-state index in [9.17, 15) is 4.79 Å². The van der Waals surface area contributed by atoms with Crippen molar-refractivity contribution in [3.05, 3.63) is 29.3 Å². The number of piperazine rings is 1. The van der Waals surface area contributed by atoms with Gasteiger partial charge in [0.25, 0.3) is 0 Å². The summed E-state index contributed by atoms with van der Waals surface area (Å²) in [5.74, 6) is 0.211. The minimum absolute atomic E-state index is 0.0814. The predicted octanol–water partition coefficient (Wildman–Crippen LogP) is 1.24. The summed E-state index contributed by atoms with van der Waals surface area (Å²) < 4.78 is 0. The number of amides is 1. The molecule has 2 saturated heterocycles. The molecule has 0 radical (unpaired) electrons. The lowest BCUT2D eigenvalue weighted by Crippen LogP contribution is -2.53. The molecule has 114 valence electrons. The van der Waals surface area contributed by atoms with Crippen molar-refractivity contribution in [2.45, 2.75) is 25.4 Å². The van der Waals surface area contributed by atoms with Gasteiger partial charge >= 0.3 is 0 Å². The molecule has 2 N–H and O–H groups in total. The standard InChI is InChI=1S/C15H21ClN4O/c1-11-10-14(18-17-11)15(21)20-8-6-19(7-9-20)13-4-2-12(16)3-5-13/h2-5,11,14,17-18H,6-10H2,1H3. The molecule has 5 nitrogen and oxygen atoms in total. The molecule has 2 aliphatic heterocycles. The number of benzene rings is 1. The second-order valence-electron chi connectivity index (χ2n) is 5.77. The van der Waals surface area contributed by atoms with Crippen molar-refractivity contribution in [1.29, 1.82) is 0 Å². The summed E-state index contributed by atoms with van der Waals surface area (Å²) in [6.45, 7) is 5.35. The van der Waals surface area contributed by atoms with Gasteiger partial charge in [0.2, 0.25) is 5.91 Å². The Morgan fingerprint density at radius 1 is 1.14 bits per heavy atom. The van der Waals surface area contributed by atoms with Crippen molar-refractivity contribution in [2.75, 3.05) is 31.1 Å². The lowest BCUT2D eigenvalue weighted by molar-refractivity contribution is -0.133. The summed E-state index contributed by atoms with van der Waals surface area (Å²) in [5.41, 5.74) is 7.36. The van der Waals surface area contributed by atoms with Crippen LogP contribution in [0, 0.1) is 0 Å². The zero-order valence-corrected chi connectivity index (χ0v) is 12.9. The van der Waals surface area contributed by atoms with Gasteiger partial charge < -0.3 is 9.80 Å². The van der Waals surface area contributed by atoms with Gasteiger partial charge in [0.1, 0.15) is 6.04 Å². The molecule has 0 spiro atoms. The first-order chi connectivity index (χ1) is 10.1. The van der Waals surface area contributed by atoms with Gasteiger partial charge in [-0.05, 0) is 37.6 Å². The Morgan fingerprint density at radius 2 is 1.81 bits per heavy atom. The molecule has 1 amide bonds. The fraction of sp³-hybridized carbons (Fsp3) is 0.533. The number of carbonyl (C=O) groups is 1. The molecule has 2 heterocycles. The molecular weight excluding hydrogens is 288 g/mol. The number of anilines is 1. The van der Waals surface area contributed by atoms with Gasteiger partial charge in [-0.1, -0.05) is 11.6 Å². The van der Waals surface area contributed by atoms with Crippen molar-refractivity contribution in [3.8, 4) is 0 Å². The maximum absolute atomic E-state index is 12.4. The molecule has 1 aromatic rings. The second-order valence-corrected chi connectivity index (χ2v) is 6.20. The average Bonchev–Trinajstić information content (AvgIpc) is 2.94. The molecule has 0 bridgehead atoms. The minimum Gasteiger partial charge on any atom is -0.368 e. The highest BCUT2D eigenvalue weighted by molar-refractivity contribution is 6.30. The first-order valence-corrected chi connectivity index (χ1v) is 7.81. The predicted molar refractivity (Wildman–Crippen MR) is 84.4 cm³/mol. The number of rotatable bonds is 2. The average molecular weight is 309 g/mol. The summed E-state index contributed by atoms with van der Waals surface area (Å²) in [7, 11) is 0. The van der Waals surface area contributed by atoms with Crippen LogP contribution < -0.4 is 15.8 Å². The molecule has 0 aliphatic carbocycles. The SMILES string of the molecule is CC1CC(C(=O)N2CCN(c3ccc(Cl)cc3)CC2)NN1. The molecule has 2 unspecified atom stereocenters. The smallest absolute Gasteiger partial charge is 0.241 e. The highest BCUT2D eigenvalue weighted by Gasteiger charge is 2.31. The molecule has 2 aliphatic rings. The number of halogens is 1. The van der Waals surface area contributed by atoms with Crippen LogP contribution in [0.2, 0.25) is 5.02 Å². The van der Waals surface area contributed by atoms with Gasteiger partial charge in [-0.2, -0.15) is 0 Å². The van der Waals surface area contributed by atoms with E-state index in [1.807, 2.05) is 29.2 Å². The fourth-order valence-electron chi connectivity index (χ4n) is 2.93. The molecule has 21 heavy (non-hydrogen) atoms. The highest BCUT2D eigenvalue weighted by atomic mass is 35.5. The molecule has 0 aromatic heterocycles. The Bertz CT molecular complexity index is 499. The number of carbonyl (C=O) groups excluding carboxylic acids is 1. The molecule has 2 fully saturated rings. The monoisotopic (exact) mass is 308 g/mol. The van der Waals surface area contributed by atoms with Crippen molar-refractivity contribution in [3.63, 3.8) is 0 Å². The molecule has 3 rings (SSSR count). The normalized spacial score (nSPS) is 26.2. The zero-order chi connectivity index (χ0) is 14.8. The van der Waals surface area contributed by atoms with Gasteiger partial charge in [-0.25, -0.2) is 5.43 Å². The molecular formula is C15H21ClN4O. The van der Waals surface area contributed by atoms with Gasteiger partial charge in [0.15, 0.2) is 0 Å². The van der Waals surface area contributed by atoms with Crippen molar-refractivity contribution in [1.82, 2.24) is 15.8 Å². The van der Waals surface area contributed by atoms with E-state index >= 15 is 0 Å². The Morgan fingerprint density at radius 3 is 2.38 bits per heavy atom. The van der Waals surface area contributed by atoms with Gasteiger partial charge in [-0.3, -0.25) is 10.2 Å². The van der Waals surface area contributed by atoms with Gasteiger partial charge in [0.05, 0.1) is 0 Å². The topological polar surface area (TPSA) is 47.6 Å². The van der Waals surface area contributed by atoms with E-state index in [2.05, 4.69) is 22.7 Å². The van der Waals surface area contributed by atoms with E-state index in [1.165, 1.54) is 5.69 Å². The number of nitrogens with zero attached hydrogens (tertiary/aromatic N) is 2. The maximum atomic E-state index is 12.4. The zero-order valence-electron chi connectivity index (χ0n) is 12.2. The van der Waals surface area contributed by atoms with Crippen LogP contribution in [-0.4, -0.2) is 49.1 Å². The summed E-state index contributed by atoms with van der Waals surface area (Å²) >= 11 is 5.92. The number of hydrogen-bond acceptors (Lipinski definition) is 4. The van der Waals surface area contributed by atoms with Crippen LogP contribution in [0.1, 0.15) is 13.3 Å². The summed E-state index contributed by atoms with van der Waals surface area (Å²) in [6, 6.07) is 8.15. The first kappa shape index (κ1) is 14.6. The second kappa shape index (κ2) is 6.22. The van der Waals surface area contributed by atoms with Gasteiger partial charge in [-0.15, -0.1) is 0 Å². The third-order valence-corrected chi connectivity index (χ3v) is 4.43. The van der Waals surface area contributed by atoms with Crippen LogP contribution in [0.3, 0.4) is 0 Å². The third kappa shape index (κ3) is 3.31. The summed E-state index contributed by atoms with van der Waals surface area (Å²) in [6.07, 6.45) is 0.857. The number of hydrogen-bond donors (Lipinski definition) is 2. The molecule has 1 aromatic carbocycles.